The van der Waals surface area contributed by atoms with Crippen LogP contribution in [0.15, 0.2) is 4.47 Å². The summed E-state index contributed by atoms with van der Waals surface area (Å²) >= 11 is 3.11. The van der Waals surface area contributed by atoms with E-state index < -0.39 is 10.1 Å². The number of hydrogen-bond acceptors (Lipinski definition) is 5. The number of halogens is 2. The first-order valence-corrected chi connectivity index (χ1v) is 7.29. The van der Waals surface area contributed by atoms with E-state index in [1.807, 2.05) is 0 Å². The number of hydrogen-bond donors (Lipinski definition) is 0. The van der Waals surface area contributed by atoms with Crippen molar-refractivity contribution in [1.29, 1.82) is 0 Å². The van der Waals surface area contributed by atoms with Gasteiger partial charge in [-0.15, -0.1) is 0 Å². The van der Waals surface area contributed by atoms with Crippen LogP contribution >= 0.6 is 15.9 Å². The lowest BCUT2D eigenvalue weighted by molar-refractivity contribution is -0.00789. The molecule has 0 aliphatic rings. The summed E-state index contributed by atoms with van der Waals surface area (Å²) in [6.45, 7) is 2.89. The van der Waals surface area contributed by atoms with Crippen LogP contribution in [0.5, 0.6) is 11.5 Å². The number of carbonyl (C=O) groups excluding carboxylic acids is 1. The third-order valence-corrected chi connectivity index (χ3v) is 3.71. The van der Waals surface area contributed by atoms with E-state index in [9.17, 15) is 17.7 Å². The molecule has 0 heterocycles. The highest BCUT2D eigenvalue weighted by molar-refractivity contribution is 9.10. The lowest BCUT2D eigenvalue weighted by Gasteiger charge is -2.15. The average Bonchev–Trinajstić information content (AvgIpc) is 2.27. The smallest absolute Gasteiger partial charge is 0.306 e. The van der Waals surface area contributed by atoms with Crippen molar-refractivity contribution in [3.63, 3.8) is 0 Å². The molecule has 0 fully saturated rings. The number of aldehydes is 1. The molecule has 0 N–H and O–H groups in total. The molecular weight excluding hydrogens is 331 g/mol. The van der Waals surface area contributed by atoms with E-state index in [-0.39, 0.29) is 27.1 Å². The lowest BCUT2D eigenvalue weighted by Crippen LogP contribution is -2.09. The SMILES string of the molecule is Cc1c(Br)c(OS(C)(=O)=O)c(C)c(OF)c1C=O. The van der Waals surface area contributed by atoms with Crippen molar-refractivity contribution in [2.45, 2.75) is 13.8 Å². The summed E-state index contributed by atoms with van der Waals surface area (Å²) in [5.41, 5.74) is 0.382. The summed E-state index contributed by atoms with van der Waals surface area (Å²) < 4.78 is 39.7. The average molecular weight is 341 g/mol. The third-order valence-electron chi connectivity index (χ3n) is 2.29. The highest BCUT2D eigenvalue weighted by Crippen LogP contribution is 2.41. The Labute approximate surface area is 112 Å². The highest BCUT2D eigenvalue weighted by Gasteiger charge is 2.23. The molecule has 5 nitrogen and oxygen atoms in total. The predicted octanol–water partition coefficient (Wildman–Crippen LogP) is 2.48. The molecule has 0 bridgehead atoms. The van der Waals surface area contributed by atoms with Gasteiger partial charge in [-0.25, -0.2) is 0 Å². The third kappa shape index (κ3) is 2.81. The maximum Gasteiger partial charge on any atom is 0.306 e. The summed E-state index contributed by atoms with van der Waals surface area (Å²) in [7, 11) is -3.78. The van der Waals surface area contributed by atoms with Crippen LogP contribution in [0.4, 0.5) is 4.53 Å². The van der Waals surface area contributed by atoms with E-state index in [2.05, 4.69) is 20.9 Å². The van der Waals surface area contributed by atoms with Crippen LogP contribution in [0.3, 0.4) is 0 Å². The summed E-state index contributed by atoms with van der Waals surface area (Å²) in [5.74, 6) is -0.461. The Morgan fingerprint density at radius 2 is 1.78 bits per heavy atom. The zero-order valence-electron chi connectivity index (χ0n) is 9.78. The van der Waals surface area contributed by atoms with Crippen molar-refractivity contribution in [3.05, 3.63) is 21.2 Å². The second-order valence-electron chi connectivity index (χ2n) is 3.62. The minimum atomic E-state index is -3.78. The van der Waals surface area contributed by atoms with Crippen molar-refractivity contribution >= 4 is 32.3 Å². The molecule has 0 aliphatic carbocycles. The fourth-order valence-electron chi connectivity index (χ4n) is 1.42. The van der Waals surface area contributed by atoms with Gasteiger partial charge in [0.2, 0.25) is 0 Å². The highest BCUT2D eigenvalue weighted by atomic mass is 79.9. The molecule has 0 aliphatic heterocycles. The summed E-state index contributed by atoms with van der Waals surface area (Å²) in [4.78, 5) is 14.5. The van der Waals surface area contributed by atoms with Crippen LogP contribution in [-0.4, -0.2) is 21.0 Å². The van der Waals surface area contributed by atoms with E-state index >= 15 is 0 Å². The lowest BCUT2D eigenvalue weighted by atomic mass is 10.0. The first-order chi connectivity index (χ1) is 8.22. The monoisotopic (exact) mass is 340 g/mol. The molecule has 100 valence electrons. The van der Waals surface area contributed by atoms with E-state index in [1.165, 1.54) is 13.8 Å². The van der Waals surface area contributed by atoms with Gasteiger partial charge in [0.1, 0.15) is 0 Å². The van der Waals surface area contributed by atoms with Crippen LogP contribution < -0.4 is 9.12 Å². The maximum absolute atomic E-state index is 12.5. The van der Waals surface area contributed by atoms with Crippen molar-refractivity contribution in [3.8, 4) is 11.5 Å². The molecule has 0 saturated heterocycles. The van der Waals surface area contributed by atoms with Crippen molar-refractivity contribution in [2.24, 2.45) is 0 Å². The molecule has 0 saturated carbocycles. The standard InChI is InChI=1S/C10H10BrFO5S/c1-5-7(4-13)9(16-12)6(2)10(8(5)11)17-18(3,14)15/h4H,1-3H3. The Hall–Kier alpha value is -1.15. The van der Waals surface area contributed by atoms with E-state index in [4.69, 9.17) is 4.18 Å². The van der Waals surface area contributed by atoms with Gasteiger partial charge in [-0.05, 0) is 35.3 Å². The first-order valence-electron chi connectivity index (χ1n) is 4.68. The normalized spacial score (nSPS) is 11.2. The van der Waals surface area contributed by atoms with Gasteiger partial charge < -0.3 is 4.18 Å². The Kier molecular flexibility index (Phi) is 4.33. The topological polar surface area (TPSA) is 69.7 Å². The van der Waals surface area contributed by atoms with E-state index in [1.54, 1.807) is 0 Å². The Balaban J connectivity index is 3.64. The van der Waals surface area contributed by atoms with Crippen LogP contribution in [0.2, 0.25) is 0 Å². The predicted molar refractivity (Wildman–Crippen MR) is 66.2 cm³/mol. The van der Waals surface area contributed by atoms with Gasteiger partial charge in [0, 0.05) is 10.1 Å². The zero-order chi connectivity index (χ0) is 14.1. The van der Waals surface area contributed by atoms with Crippen LogP contribution in [0, 0.1) is 13.8 Å². The Morgan fingerprint density at radius 1 is 1.22 bits per heavy atom. The summed E-state index contributed by atoms with van der Waals surface area (Å²) in [5, 5.41) is 0. The zero-order valence-corrected chi connectivity index (χ0v) is 12.2. The molecule has 1 aromatic carbocycles. The van der Waals surface area contributed by atoms with Gasteiger partial charge in [0.25, 0.3) is 0 Å². The Bertz CT molecular complexity index is 597. The van der Waals surface area contributed by atoms with Gasteiger partial charge in [-0.1, -0.05) is 0 Å². The van der Waals surface area contributed by atoms with Crippen LogP contribution in [-0.2, 0) is 10.1 Å². The van der Waals surface area contributed by atoms with Gasteiger partial charge >= 0.3 is 10.1 Å². The van der Waals surface area contributed by atoms with Crippen molar-refractivity contribution in [1.82, 2.24) is 0 Å². The van der Waals surface area contributed by atoms with Gasteiger partial charge in [-0.2, -0.15) is 8.42 Å². The fourth-order valence-corrected chi connectivity index (χ4v) is 2.63. The number of rotatable bonds is 4. The maximum atomic E-state index is 12.5. The summed E-state index contributed by atoms with van der Waals surface area (Å²) in [6, 6.07) is 0. The van der Waals surface area contributed by atoms with Crippen molar-refractivity contribution < 1.29 is 26.9 Å². The molecule has 0 atom stereocenters. The largest absolute Gasteiger partial charge is 0.381 e. The fraction of sp³-hybridized carbons (Fsp3) is 0.300. The molecule has 0 spiro atoms. The molecule has 1 rings (SSSR count). The van der Waals surface area contributed by atoms with E-state index in [0.29, 0.717) is 11.8 Å². The second kappa shape index (κ2) is 5.23. The first kappa shape index (κ1) is 14.9. The van der Waals surface area contributed by atoms with Gasteiger partial charge in [0.15, 0.2) is 17.8 Å². The van der Waals surface area contributed by atoms with Crippen molar-refractivity contribution in [2.75, 3.05) is 6.26 Å². The number of benzene rings is 1. The van der Waals surface area contributed by atoms with Crippen LogP contribution in [0.1, 0.15) is 21.5 Å². The summed E-state index contributed by atoms with van der Waals surface area (Å²) in [6.07, 6.45) is 1.28. The molecule has 0 aromatic heterocycles. The molecule has 1 aromatic rings. The van der Waals surface area contributed by atoms with E-state index in [0.717, 1.165) is 6.26 Å². The van der Waals surface area contributed by atoms with Gasteiger partial charge in [0.05, 0.1) is 16.3 Å². The second-order valence-corrected chi connectivity index (χ2v) is 5.99. The molecular formula is C10H10BrFO5S. The van der Waals surface area contributed by atoms with Crippen LogP contribution in [0.25, 0.3) is 0 Å². The van der Waals surface area contributed by atoms with Gasteiger partial charge in [-0.3, -0.25) is 9.74 Å². The minimum Gasteiger partial charge on any atom is -0.381 e. The number of carbonyl (C=O) groups is 1. The Morgan fingerprint density at radius 3 is 2.17 bits per heavy atom. The molecule has 0 radical (unpaired) electrons. The molecule has 0 unspecified atom stereocenters. The minimum absolute atomic E-state index is 0.0114. The quantitative estimate of drug-likeness (QED) is 0.622. The molecule has 0 amide bonds. The molecule has 8 heteroatoms. The molecule has 18 heavy (non-hydrogen) atoms.